The molecule has 1 unspecified atom stereocenters. The summed E-state index contributed by atoms with van der Waals surface area (Å²) < 4.78 is 71.6. The Bertz CT molecular complexity index is 394. The SMILES string of the molecule is C=C(F)C(=O)OC(CC)C(F)(F)C(=O)OCC(F)(F)S. The van der Waals surface area contributed by atoms with E-state index < -0.39 is 48.1 Å². The molecular formula is C10H11F5O4S. The van der Waals surface area contributed by atoms with Gasteiger partial charge in [0.05, 0.1) is 0 Å². The van der Waals surface area contributed by atoms with Gasteiger partial charge in [0, 0.05) is 0 Å². The van der Waals surface area contributed by atoms with Crippen molar-refractivity contribution in [3.05, 3.63) is 12.4 Å². The topological polar surface area (TPSA) is 52.6 Å². The van der Waals surface area contributed by atoms with Gasteiger partial charge < -0.3 is 9.47 Å². The number of rotatable bonds is 7. The third-order valence-corrected chi connectivity index (χ3v) is 2.02. The fourth-order valence-corrected chi connectivity index (χ4v) is 1.05. The molecular weight excluding hydrogens is 311 g/mol. The summed E-state index contributed by atoms with van der Waals surface area (Å²) in [6.07, 6.45) is -2.96. The zero-order valence-electron chi connectivity index (χ0n) is 10.2. The average molecular weight is 322 g/mol. The summed E-state index contributed by atoms with van der Waals surface area (Å²) in [5.41, 5.74) is 0. The molecule has 0 saturated carbocycles. The minimum Gasteiger partial charge on any atom is -0.454 e. The highest BCUT2D eigenvalue weighted by Gasteiger charge is 2.51. The van der Waals surface area contributed by atoms with Crippen LogP contribution in [0, 0.1) is 0 Å². The zero-order valence-corrected chi connectivity index (χ0v) is 11.1. The summed E-state index contributed by atoms with van der Waals surface area (Å²) in [4.78, 5) is 21.8. The quantitative estimate of drug-likeness (QED) is 0.339. The van der Waals surface area contributed by atoms with Crippen molar-refractivity contribution in [3.63, 3.8) is 0 Å². The molecule has 0 radical (unpaired) electrons. The molecule has 0 aromatic rings. The van der Waals surface area contributed by atoms with Crippen molar-refractivity contribution in [1.82, 2.24) is 0 Å². The van der Waals surface area contributed by atoms with Crippen molar-refractivity contribution >= 4 is 24.6 Å². The first-order valence-electron chi connectivity index (χ1n) is 5.12. The van der Waals surface area contributed by atoms with Crippen LogP contribution in [0.1, 0.15) is 13.3 Å². The van der Waals surface area contributed by atoms with E-state index in [1.807, 2.05) is 0 Å². The number of hydrogen-bond acceptors (Lipinski definition) is 5. The van der Waals surface area contributed by atoms with Crippen LogP contribution in [0.2, 0.25) is 0 Å². The van der Waals surface area contributed by atoms with Gasteiger partial charge in [-0.1, -0.05) is 13.5 Å². The first kappa shape index (κ1) is 18.7. The predicted molar refractivity (Wildman–Crippen MR) is 60.3 cm³/mol. The average Bonchev–Trinajstić information content (AvgIpc) is 2.30. The lowest BCUT2D eigenvalue weighted by Crippen LogP contribution is -2.45. The molecule has 0 rings (SSSR count). The summed E-state index contributed by atoms with van der Waals surface area (Å²) in [5, 5.41) is -3.79. The first-order chi connectivity index (χ1) is 8.91. The van der Waals surface area contributed by atoms with E-state index in [1.54, 1.807) is 0 Å². The van der Waals surface area contributed by atoms with E-state index in [9.17, 15) is 31.5 Å². The molecule has 0 spiro atoms. The second-order valence-electron chi connectivity index (χ2n) is 3.57. The molecule has 0 aromatic carbocycles. The van der Waals surface area contributed by atoms with Crippen LogP contribution in [0.4, 0.5) is 22.0 Å². The van der Waals surface area contributed by atoms with Gasteiger partial charge in [0.25, 0.3) is 0 Å². The molecule has 0 saturated heterocycles. The van der Waals surface area contributed by atoms with Crippen molar-refractivity contribution in [3.8, 4) is 0 Å². The van der Waals surface area contributed by atoms with E-state index in [2.05, 4.69) is 28.7 Å². The van der Waals surface area contributed by atoms with Crippen LogP contribution in [0.3, 0.4) is 0 Å². The number of ether oxygens (including phenoxy) is 2. The van der Waals surface area contributed by atoms with Gasteiger partial charge in [0.15, 0.2) is 12.7 Å². The summed E-state index contributed by atoms with van der Waals surface area (Å²) in [6, 6.07) is 0. The van der Waals surface area contributed by atoms with E-state index in [-0.39, 0.29) is 0 Å². The molecule has 0 N–H and O–H groups in total. The second-order valence-corrected chi connectivity index (χ2v) is 4.23. The number of alkyl halides is 4. The highest BCUT2D eigenvalue weighted by molar-refractivity contribution is 7.81. The Morgan fingerprint density at radius 2 is 1.80 bits per heavy atom. The van der Waals surface area contributed by atoms with Crippen LogP contribution in [-0.4, -0.2) is 35.8 Å². The number of hydrogen-bond donors (Lipinski definition) is 1. The van der Waals surface area contributed by atoms with Gasteiger partial charge in [0.2, 0.25) is 5.83 Å². The van der Waals surface area contributed by atoms with Gasteiger partial charge in [-0.3, -0.25) is 0 Å². The number of carbonyl (C=O) groups is 2. The molecule has 0 aliphatic rings. The number of halogens is 5. The number of thiol groups is 1. The molecule has 0 bridgehead atoms. The van der Waals surface area contributed by atoms with Crippen molar-refractivity contribution in [1.29, 1.82) is 0 Å². The maximum absolute atomic E-state index is 13.5. The van der Waals surface area contributed by atoms with Gasteiger partial charge in [-0.05, 0) is 6.42 Å². The Hall–Kier alpha value is -1.32. The van der Waals surface area contributed by atoms with Crippen molar-refractivity contribution in [2.24, 2.45) is 0 Å². The molecule has 1 atom stereocenters. The van der Waals surface area contributed by atoms with Crippen LogP contribution < -0.4 is 0 Å². The van der Waals surface area contributed by atoms with E-state index >= 15 is 0 Å². The lowest BCUT2D eigenvalue weighted by Gasteiger charge is -2.24. The van der Waals surface area contributed by atoms with Crippen molar-refractivity contribution < 1.29 is 41.0 Å². The second kappa shape index (κ2) is 6.91. The number of esters is 2. The standard InChI is InChI=1S/C10H11F5O4S/c1-3-6(19-7(16)5(2)11)10(14,15)8(17)18-4-9(12,13)20/h6,20H,2-4H2,1H3. The minimum atomic E-state index is -4.42. The predicted octanol–water partition coefficient (Wildman–Crippen LogP) is 2.49. The van der Waals surface area contributed by atoms with Gasteiger partial charge in [-0.25, -0.2) is 9.59 Å². The van der Waals surface area contributed by atoms with Crippen molar-refractivity contribution in [2.45, 2.75) is 30.6 Å². The Morgan fingerprint density at radius 1 is 1.30 bits per heavy atom. The molecule has 4 nitrogen and oxygen atoms in total. The van der Waals surface area contributed by atoms with Gasteiger partial charge in [0.1, 0.15) is 0 Å². The van der Waals surface area contributed by atoms with E-state index in [0.29, 0.717) is 0 Å². The maximum Gasteiger partial charge on any atom is 0.381 e. The third kappa shape index (κ3) is 5.76. The van der Waals surface area contributed by atoms with Crippen LogP contribution in [0.15, 0.2) is 12.4 Å². The summed E-state index contributed by atoms with van der Waals surface area (Å²) in [6.45, 7) is 1.94. The Kier molecular flexibility index (Phi) is 6.45. The Morgan fingerprint density at radius 3 is 2.15 bits per heavy atom. The van der Waals surface area contributed by atoms with Gasteiger partial charge >= 0.3 is 23.1 Å². The summed E-state index contributed by atoms with van der Waals surface area (Å²) in [7, 11) is 0. The minimum absolute atomic E-state index is 0.585. The zero-order chi connectivity index (χ0) is 16.1. The normalized spacial score (nSPS) is 13.6. The largest absolute Gasteiger partial charge is 0.454 e. The van der Waals surface area contributed by atoms with Crippen LogP contribution in [0.25, 0.3) is 0 Å². The molecule has 0 aliphatic heterocycles. The Balaban J connectivity index is 4.83. The third-order valence-electron chi connectivity index (χ3n) is 1.90. The molecule has 10 heteroatoms. The van der Waals surface area contributed by atoms with Crippen molar-refractivity contribution in [2.75, 3.05) is 6.61 Å². The molecule has 0 aromatic heterocycles. The monoisotopic (exact) mass is 322 g/mol. The molecule has 116 valence electrons. The molecule has 0 heterocycles. The Labute approximate surface area is 116 Å². The van der Waals surface area contributed by atoms with Crippen LogP contribution in [-0.2, 0) is 19.1 Å². The van der Waals surface area contributed by atoms with E-state index in [4.69, 9.17) is 0 Å². The van der Waals surface area contributed by atoms with Crippen LogP contribution >= 0.6 is 12.6 Å². The smallest absolute Gasteiger partial charge is 0.381 e. The highest BCUT2D eigenvalue weighted by atomic mass is 32.1. The van der Waals surface area contributed by atoms with Gasteiger partial charge in [-0.2, -0.15) is 22.0 Å². The van der Waals surface area contributed by atoms with E-state index in [0.717, 1.165) is 6.92 Å². The maximum atomic E-state index is 13.5. The fraction of sp³-hybridized carbons (Fsp3) is 0.600. The summed E-state index contributed by atoms with van der Waals surface area (Å²) in [5.74, 6) is -10.2. The lowest BCUT2D eigenvalue weighted by atomic mass is 10.1. The molecule has 0 fully saturated rings. The molecule has 20 heavy (non-hydrogen) atoms. The molecule has 0 amide bonds. The molecule has 0 aliphatic carbocycles. The van der Waals surface area contributed by atoms with E-state index in [1.165, 1.54) is 0 Å². The lowest BCUT2D eigenvalue weighted by molar-refractivity contribution is -0.200. The fourth-order valence-electron chi connectivity index (χ4n) is 0.987. The first-order valence-corrected chi connectivity index (χ1v) is 5.57. The van der Waals surface area contributed by atoms with Gasteiger partial charge in [-0.15, -0.1) is 12.6 Å². The highest BCUT2D eigenvalue weighted by Crippen LogP contribution is 2.28. The summed E-state index contributed by atoms with van der Waals surface area (Å²) >= 11 is 2.68. The number of carbonyl (C=O) groups excluding carboxylic acids is 2. The van der Waals surface area contributed by atoms with Crippen LogP contribution in [0.5, 0.6) is 0 Å².